The third-order valence-electron chi connectivity index (χ3n) is 4.59. The van der Waals surface area contributed by atoms with E-state index in [9.17, 15) is 4.79 Å². The molecule has 1 aromatic carbocycles. The summed E-state index contributed by atoms with van der Waals surface area (Å²) >= 11 is 1.42. The van der Waals surface area contributed by atoms with Crippen molar-refractivity contribution in [2.24, 2.45) is 7.05 Å². The first kappa shape index (κ1) is 18.9. The van der Waals surface area contributed by atoms with E-state index >= 15 is 0 Å². The van der Waals surface area contributed by atoms with Crippen LogP contribution in [-0.2, 0) is 7.05 Å². The Kier molecular flexibility index (Phi) is 5.18. The summed E-state index contributed by atoms with van der Waals surface area (Å²) in [6.07, 6.45) is 5.13. The predicted octanol–water partition coefficient (Wildman–Crippen LogP) is 3.97. The zero-order chi connectivity index (χ0) is 20.4. The Morgan fingerprint density at radius 2 is 2.10 bits per heavy atom. The molecule has 1 amide bonds. The molecule has 4 aromatic rings. The van der Waals surface area contributed by atoms with Crippen LogP contribution in [0.25, 0.3) is 10.8 Å². The number of benzene rings is 1. The Morgan fingerprint density at radius 1 is 1.28 bits per heavy atom. The maximum atomic E-state index is 13.2. The number of carbonyl (C=O) groups excluding carboxylic acids is 1. The van der Waals surface area contributed by atoms with E-state index < -0.39 is 6.04 Å². The molecule has 4 rings (SSSR count). The number of nitrogens with zero attached hydrogens (tertiary/aromatic N) is 3. The molecule has 148 valence electrons. The number of rotatable bonds is 6. The average molecular weight is 408 g/mol. The summed E-state index contributed by atoms with van der Waals surface area (Å²) in [6, 6.07) is 10.7. The summed E-state index contributed by atoms with van der Waals surface area (Å²) in [5.74, 6) is 1.73. The van der Waals surface area contributed by atoms with Gasteiger partial charge in [-0.15, -0.1) is 11.3 Å². The fourth-order valence-electron chi connectivity index (χ4n) is 3.15. The van der Waals surface area contributed by atoms with Crippen molar-refractivity contribution in [2.75, 3.05) is 7.11 Å². The summed E-state index contributed by atoms with van der Waals surface area (Å²) in [4.78, 5) is 22.9. The fraction of sp³-hybridized carbons (Fsp3) is 0.190. The van der Waals surface area contributed by atoms with Gasteiger partial charge in [0.25, 0.3) is 5.91 Å². The molecule has 0 bridgehead atoms. The topological polar surface area (TPSA) is 82.2 Å². The van der Waals surface area contributed by atoms with Gasteiger partial charge in [0.1, 0.15) is 23.3 Å². The Balaban J connectivity index is 1.70. The third-order valence-corrected chi connectivity index (χ3v) is 5.57. The maximum Gasteiger partial charge on any atom is 0.271 e. The summed E-state index contributed by atoms with van der Waals surface area (Å²) in [6.45, 7) is 1.87. The van der Waals surface area contributed by atoms with Crippen molar-refractivity contribution in [2.45, 2.75) is 13.0 Å². The maximum absolute atomic E-state index is 13.2. The molecular weight excluding hydrogens is 388 g/mol. The molecule has 1 atom stereocenters. The molecular formula is C21H20N4O3S. The highest BCUT2D eigenvalue weighted by Crippen LogP contribution is 2.31. The van der Waals surface area contributed by atoms with E-state index in [0.717, 1.165) is 10.4 Å². The summed E-state index contributed by atoms with van der Waals surface area (Å²) in [5, 5.41) is 3.75. The summed E-state index contributed by atoms with van der Waals surface area (Å²) in [5.41, 5.74) is 1.19. The normalized spacial score (nSPS) is 12.0. The van der Waals surface area contributed by atoms with Crippen molar-refractivity contribution in [1.82, 2.24) is 19.9 Å². The van der Waals surface area contributed by atoms with E-state index in [1.807, 2.05) is 55.1 Å². The molecule has 0 saturated heterocycles. The summed E-state index contributed by atoms with van der Waals surface area (Å²) in [7, 11) is 3.50. The van der Waals surface area contributed by atoms with E-state index in [1.165, 1.54) is 11.3 Å². The smallest absolute Gasteiger partial charge is 0.271 e. The van der Waals surface area contributed by atoms with E-state index in [-0.39, 0.29) is 5.91 Å². The Labute approximate surface area is 172 Å². The molecule has 1 N–H and O–H groups in total. The number of carbonyl (C=O) groups is 1. The average Bonchev–Trinajstić information content (AvgIpc) is 3.47. The minimum Gasteiger partial charge on any atom is -0.496 e. The van der Waals surface area contributed by atoms with Crippen molar-refractivity contribution < 1.29 is 13.9 Å². The van der Waals surface area contributed by atoms with Crippen LogP contribution in [0.1, 0.15) is 32.8 Å². The molecule has 0 radical (unpaired) electrons. The third kappa shape index (κ3) is 3.66. The monoisotopic (exact) mass is 408 g/mol. The van der Waals surface area contributed by atoms with Crippen molar-refractivity contribution in [3.8, 4) is 16.5 Å². The van der Waals surface area contributed by atoms with Crippen molar-refractivity contribution in [3.05, 3.63) is 77.0 Å². The quantitative estimate of drug-likeness (QED) is 0.522. The lowest BCUT2D eigenvalue weighted by molar-refractivity contribution is 0.0936. The van der Waals surface area contributed by atoms with Crippen LogP contribution >= 0.6 is 11.3 Å². The molecule has 0 aliphatic heterocycles. The Bertz CT molecular complexity index is 1130. The van der Waals surface area contributed by atoms with Crippen LogP contribution < -0.4 is 10.1 Å². The van der Waals surface area contributed by atoms with Crippen LogP contribution in [0.5, 0.6) is 5.75 Å². The lowest BCUT2D eigenvalue weighted by Crippen LogP contribution is -2.32. The van der Waals surface area contributed by atoms with E-state index in [1.54, 1.807) is 25.6 Å². The Hall–Kier alpha value is -3.39. The molecule has 0 saturated carbocycles. The SMILES string of the molecule is COc1ccccc1[C@H](NC(=O)c1nc(-c2ccco2)sc1C)c1nccn1C. The van der Waals surface area contributed by atoms with Crippen LogP contribution in [0.3, 0.4) is 0 Å². The number of methoxy groups -OCH3 is 1. The van der Waals surface area contributed by atoms with E-state index in [0.29, 0.717) is 28.0 Å². The second-order valence-corrected chi connectivity index (χ2v) is 7.65. The lowest BCUT2D eigenvalue weighted by Gasteiger charge is -2.21. The molecule has 0 fully saturated rings. The van der Waals surface area contributed by atoms with Gasteiger partial charge in [-0.25, -0.2) is 9.97 Å². The largest absolute Gasteiger partial charge is 0.496 e. The number of hydrogen-bond acceptors (Lipinski definition) is 6. The van der Waals surface area contributed by atoms with E-state index in [2.05, 4.69) is 15.3 Å². The van der Waals surface area contributed by atoms with Gasteiger partial charge < -0.3 is 19.0 Å². The van der Waals surface area contributed by atoms with Crippen molar-refractivity contribution in [3.63, 3.8) is 0 Å². The minimum absolute atomic E-state index is 0.282. The van der Waals surface area contributed by atoms with Crippen LogP contribution in [-0.4, -0.2) is 27.6 Å². The zero-order valence-electron chi connectivity index (χ0n) is 16.2. The number of hydrogen-bond donors (Lipinski definition) is 1. The lowest BCUT2D eigenvalue weighted by atomic mass is 10.0. The standard InChI is InChI=1S/C21H20N4O3S/c1-13-17(24-21(29-13)16-9-6-12-28-16)20(26)23-18(19-22-10-11-25(19)2)14-7-4-5-8-15(14)27-3/h4-12,18H,1-3H3,(H,23,26)/t18-/m0/s1. The first-order valence-electron chi connectivity index (χ1n) is 9.00. The van der Waals surface area contributed by atoms with Gasteiger partial charge in [-0.2, -0.15) is 0 Å². The van der Waals surface area contributed by atoms with Gasteiger partial charge in [0, 0.05) is 29.9 Å². The number of aromatic nitrogens is 3. The van der Waals surface area contributed by atoms with Gasteiger partial charge in [-0.1, -0.05) is 18.2 Å². The first-order chi connectivity index (χ1) is 14.1. The van der Waals surface area contributed by atoms with Crippen molar-refractivity contribution >= 4 is 17.2 Å². The van der Waals surface area contributed by atoms with Crippen LogP contribution in [0.15, 0.2) is 59.5 Å². The van der Waals surface area contributed by atoms with E-state index in [4.69, 9.17) is 9.15 Å². The minimum atomic E-state index is -0.494. The van der Waals surface area contributed by atoms with Gasteiger partial charge in [0.05, 0.1) is 13.4 Å². The number of amides is 1. The molecule has 0 spiro atoms. The molecule has 0 aliphatic rings. The predicted molar refractivity (Wildman–Crippen MR) is 110 cm³/mol. The van der Waals surface area contributed by atoms with Crippen molar-refractivity contribution in [1.29, 1.82) is 0 Å². The Morgan fingerprint density at radius 3 is 2.79 bits per heavy atom. The second-order valence-electron chi connectivity index (χ2n) is 6.45. The highest BCUT2D eigenvalue weighted by molar-refractivity contribution is 7.15. The number of ether oxygens (including phenoxy) is 1. The number of imidazole rings is 1. The number of thiazole rings is 1. The van der Waals surface area contributed by atoms with Gasteiger partial charge in [0.15, 0.2) is 10.8 Å². The van der Waals surface area contributed by atoms with Gasteiger partial charge in [-0.05, 0) is 25.1 Å². The second kappa shape index (κ2) is 7.92. The molecule has 3 heterocycles. The molecule has 29 heavy (non-hydrogen) atoms. The number of aryl methyl sites for hydroxylation is 2. The first-order valence-corrected chi connectivity index (χ1v) is 9.82. The number of nitrogens with one attached hydrogen (secondary N) is 1. The highest BCUT2D eigenvalue weighted by Gasteiger charge is 2.26. The van der Waals surface area contributed by atoms with Gasteiger partial charge >= 0.3 is 0 Å². The summed E-state index contributed by atoms with van der Waals surface area (Å²) < 4.78 is 12.8. The van der Waals surface area contributed by atoms with Crippen LogP contribution in [0, 0.1) is 6.92 Å². The number of furan rings is 1. The molecule has 0 unspecified atom stereocenters. The fourth-order valence-corrected chi connectivity index (χ4v) is 4.03. The van der Waals surface area contributed by atoms with Crippen LogP contribution in [0.4, 0.5) is 0 Å². The van der Waals surface area contributed by atoms with Gasteiger partial charge in [0.2, 0.25) is 0 Å². The highest BCUT2D eigenvalue weighted by atomic mass is 32.1. The van der Waals surface area contributed by atoms with Gasteiger partial charge in [-0.3, -0.25) is 4.79 Å². The molecule has 3 aromatic heterocycles. The molecule has 7 nitrogen and oxygen atoms in total. The number of para-hydroxylation sites is 1. The molecule has 8 heteroatoms. The zero-order valence-corrected chi connectivity index (χ0v) is 17.1. The van der Waals surface area contributed by atoms with Crippen LogP contribution in [0.2, 0.25) is 0 Å². The molecule has 0 aliphatic carbocycles.